The van der Waals surface area contributed by atoms with E-state index in [4.69, 9.17) is 5.11 Å². The van der Waals surface area contributed by atoms with Crippen molar-refractivity contribution in [3.05, 3.63) is 0 Å². The first-order valence-corrected chi connectivity index (χ1v) is 5.63. The van der Waals surface area contributed by atoms with Gasteiger partial charge in [0.1, 0.15) is 0 Å². The predicted octanol–water partition coefficient (Wildman–Crippen LogP) is 0.942. The number of carboxylic acids is 1. The van der Waals surface area contributed by atoms with Gasteiger partial charge in [0.05, 0.1) is 12.5 Å². The van der Waals surface area contributed by atoms with E-state index in [1.54, 1.807) is 0 Å². The van der Waals surface area contributed by atoms with E-state index in [1.807, 2.05) is 0 Å². The van der Waals surface area contributed by atoms with Crippen LogP contribution >= 0.6 is 0 Å². The van der Waals surface area contributed by atoms with Gasteiger partial charge in [0.2, 0.25) is 0 Å². The van der Waals surface area contributed by atoms with Crippen LogP contribution in [0.25, 0.3) is 0 Å². The summed E-state index contributed by atoms with van der Waals surface area (Å²) in [5, 5.41) is 18.1. The summed E-state index contributed by atoms with van der Waals surface area (Å²) in [7, 11) is 0. The van der Waals surface area contributed by atoms with E-state index in [2.05, 4.69) is 18.7 Å². The Morgan fingerprint density at radius 3 is 2.47 bits per heavy atom. The minimum absolute atomic E-state index is 0.159. The average molecular weight is 215 g/mol. The van der Waals surface area contributed by atoms with E-state index >= 15 is 0 Å². The SMILES string of the molecule is CC(C)N(CC(O)CC(=O)O)CC1CC1. The fraction of sp³-hybridized carbons (Fsp3) is 0.909. The molecule has 0 bridgehead atoms. The number of carboxylic acid groups (broad SMARTS) is 1. The van der Waals surface area contributed by atoms with Crippen molar-refractivity contribution < 1.29 is 15.0 Å². The second-order valence-corrected chi connectivity index (χ2v) is 4.74. The molecule has 1 fully saturated rings. The number of aliphatic carboxylic acids is 1. The molecule has 0 aliphatic heterocycles. The van der Waals surface area contributed by atoms with Gasteiger partial charge in [-0.25, -0.2) is 0 Å². The Morgan fingerprint density at radius 2 is 2.07 bits per heavy atom. The minimum atomic E-state index is -0.933. The highest BCUT2D eigenvalue weighted by Gasteiger charge is 2.26. The number of hydrogen-bond donors (Lipinski definition) is 2. The molecule has 0 aromatic heterocycles. The summed E-state index contributed by atoms with van der Waals surface area (Å²) in [4.78, 5) is 12.6. The first kappa shape index (κ1) is 12.5. The van der Waals surface area contributed by atoms with Gasteiger partial charge in [-0.1, -0.05) is 0 Å². The number of carbonyl (C=O) groups is 1. The molecule has 0 saturated heterocycles. The van der Waals surface area contributed by atoms with Crippen LogP contribution in [-0.2, 0) is 4.79 Å². The zero-order valence-corrected chi connectivity index (χ0v) is 9.52. The van der Waals surface area contributed by atoms with Crippen LogP contribution in [0, 0.1) is 5.92 Å². The lowest BCUT2D eigenvalue weighted by Gasteiger charge is -2.28. The Balaban J connectivity index is 2.31. The van der Waals surface area contributed by atoms with Gasteiger partial charge in [0.15, 0.2) is 0 Å². The van der Waals surface area contributed by atoms with Crippen molar-refractivity contribution in [3.63, 3.8) is 0 Å². The Morgan fingerprint density at radius 1 is 1.47 bits per heavy atom. The summed E-state index contributed by atoms with van der Waals surface area (Å²) in [6.07, 6.45) is 1.65. The molecule has 0 aromatic rings. The van der Waals surface area contributed by atoms with Gasteiger partial charge in [0.25, 0.3) is 0 Å². The number of nitrogens with zero attached hydrogens (tertiary/aromatic N) is 1. The van der Waals surface area contributed by atoms with Crippen LogP contribution in [0.5, 0.6) is 0 Å². The van der Waals surface area contributed by atoms with Gasteiger partial charge in [-0.3, -0.25) is 9.69 Å². The third-order valence-electron chi connectivity index (χ3n) is 2.78. The zero-order chi connectivity index (χ0) is 11.4. The monoisotopic (exact) mass is 215 g/mol. The third-order valence-corrected chi connectivity index (χ3v) is 2.78. The molecule has 0 spiro atoms. The van der Waals surface area contributed by atoms with Gasteiger partial charge < -0.3 is 10.2 Å². The highest BCUT2D eigenvalue weighted by Crippen LogP contribution is 2.30. The molecule has 4 heteroatoms. The minimum Gasteiger partial charge on any atom is -0.481 e. The first-order chi connectivity index (χ1) is 6.99. The maximum Gasteiger partial charge on any atom is 0.306 e. The van der Waals surface area contributed by atoms with Crippen LogP contribution in [0.3, 0.4) is 0 Å². The summed E-state index contributed by atoms with van der Waals surface area (Å²) >= 11 is 0. The lowest BCUT2D eigenvalue weighted by molar-refractivity contribution is -0.139. The molecule has 15 heavy (non-hydrogen) atoms. The van der Waals surface area contributed by atoms with E-state index < -0.39 is 12.1 Å². The van der Waals surface area contributed by atoms with Gasteiger partial charge in [0, 0.05) is 19.1 Å². The molecule has 2 N–H and O–H groups in total. The number of rotatable bonds is 7. The van der Waals surface area contributed by atoms with Crippen LogP contribution in [0.2, 0.25) is 0 Å². The van der Waals surface area contributed by atoms with Crippen molar-refractivity contribution in [2.24, 2.45) is 5.92 Å². The largest absolute Gasteiger partial charge is 0.481 e. The van der Waals surface area contributed by atoms with E-state index in [0.29, 0.717) is 12.6 Å². The highest BCUT2D eigenvalue weighted by atomic mass is 16.4. The third kappa shape index (κ3) is 5.14. The second-order valence-electron chi connectivity index (χ2n) is 4.74. The smallest absolute Gasteiger partial charge is 0.306 e. The van der Waals surface area contributed by atoms with Crippen LogP contribution in [0.15, 0.2) is 0 Å². The summed E-state index contributed by atoms with van der Waals surface area (Å²) in [5.41, 5.74) is 0. The molecule has 1 rings (SSSR count). The number of aliphatic hydroxyl groups is 1. The summed E-state index contributed by atoms with van der Waals surface area (Å²) in [6, 6.07) is 0.369. The number of aliphatic hydroxyl groups excluding tert-OH is 1. The van der Waals surface area contributed by atoms with Crippen LogP contribution < -0.4 is 0 Å². The van der Waals surface area contributed by atoms with Crippen molar-refractivity contribution in [1.82, 2.24) is 4.90 Å². The highest BCUT2D eigenvalue weighted by molar-refractivity contribution is 5.67. The molecule has 0 radical (unpaired) electrons. The van der Waals surface area contributed by atoms with Gasteiger partial charge >= 0.3 is 5.97 Å². The maximum absolute atomic E-state index is 10.4. The average Bonchev–Trinajstić information content (AvgIpc) is 2.85. The van der Waals surface area contributed by atoms with Crippen LogP contribution in [0.1, 0.15) is 33.1 Å². The van der Waals surface area contributed by atoms with E-state index in [9.17, 15) is 9.90 Å². The van der Waals surface area contributed by atoms with Crippen LogP contribution in [0.4, 0.5) is 0 Å². The molecule has 88 valence electrons. The standard InChI is InChI=1S/C11H21NO3/c1-8(2)12(6-9-3-4-9)7-10(13)5-11(14)15/h8-10,13H,3-7H2,1-2H3,(H,14,15). The molecular formula is C11H21NO3. The zero-order valence-electron chi connectivity index (χ0n) is 9.52. The van der Waals surface area contributed by atoms with Crippen molar-refractivity contribution in [3.8, 4) is 0 Å². The van der Waals surface area contributed by atoms with E-state index in [0.717, 1.165) is 12.5 Å². The lowest BCUT2D eigenvalue weighted by Crippen LogP contribution is -2.39. The topological polar surface area (TPSA) is 60.8 Å². The molecule has 0 amide bonds. The molecule has 1 aliphatic carbocycles. The first-order valence-electron chi connectivity index (χ1n) is 5.63. The Kier molecular flexibility index (Phi) is 4.54. The molecular weight excluding hydrogens is 194 g/mol. The van der Waals surface area contributed by atoms with Gasteiger partial charge in [-0.2, -0.15) is 0 Å². The van der Waals surface area contributed by atoms with E-state index in [-0.39, 0.29) is 6.42 Å². The molecule has 4 nitrogen and oxygen atoms in total. The maximum atomic E-state index is 10.4. The fourth-order valence-electron chi connectivity index (χ4n) is 1.67. The molecule has 0 heterocycles. The Hall–Kier alpha value is -0.610. The molecule has 1 saturated carbocycles. The van der Waals surface area contributed by atoms with Crippen molar-refractivity contribution in [1.29, 1.82) is 0 Å². The molecule has 0 aromatic carbocycles. The number of hydrogen-bond acceptors (Lipinski definition) is 3. The lowest BCUT2D eigenvalue weighted by atomic mass is 10.2. The normalized spacial score (nSPS) is 18.5. The summed E-state index contributed by atoms with van der Waals surface area (Å²) < 4.78 is 0. The summed E-state index contributed by atoms with van der Waals surface area (Å²) in [5.74, 6) is -0.165. The second kappa shape index (κ2) is 5.47. The van der Waals surface area contributed by atoms with Crippen molar-refractivity contribution in [2.45, 2.75) is 45.3 Å². The van der Waals surface area contributed by atoms with Gasteiger partial charge in [-0.15, -0.1) is 0 Å². The molecule has 1 unspecified atom stereocenters. The van der Waals surface area contributed by atoms with Crippen molar-refractivity contribution in [2.75, 3.05) is 13.1 Å². The quantitative estimate of drug-likeness (QED) is 0.663. The summed E-state index contributed by atoms with van der Waals surface area (Å²) in [6.45, 7) is 5.63. The Bertz CT molecular complexity index is 214. The molecule has 1 atom stereocenters. The van der Waals surface area contributed by atoms with Crippen molar-refractivity contribution >= 4 is 5.97 Å². The van der Waals surface area contributed by atoms with Crippen LogP contribution in [-0.4, -0.2) is 46.3 Å². The fourth-order valence-corrected chi connectivity index (χ4v) is 1.67. The Labute approximate surface area is 90.9 Å². The predicted molar refractivity (Wildman–Crippen MR) is 57.7 cm³/mol. The molecule has 1 aliphatic rings. The van der Waals surface area contributed by atoms with E-state index in [1.165, 1.54) is 12.8 Å². The van der Waals surface area contributed by atoms with Gasteiger partial charge in [-0.05, 0) is 32.6 Å².